The molecule has 0 bridgehead atoms. The van der Waals surface area contributed by atoms with Crippen molar-refractivity contribution in [2.75, 3.05) is 37.0 Å². The van der Waals surface area contributed by atoms with Crippen molar-refractivity contribution in [3.05, 3.63) is 53.6 Å². The first kappa shape index (κ1) is 18.7. The fourth-order valence-electron chi connectivity index (χ4n) is 2.77. The Bertz CT molecular complexity index is 870. The number of carbonyl (C=O) groups excluding carboxylic acids is 3. The van der Waals surface area contributed by atoms with Crippen LogP contribution in [-0.4, -0.2) is 49.4 Å². The Hall–Kier alpha value is -3.06. The summed E-state index contributed by atoms with van der Waals surface area (Å²) in [6, 6.07) is 13.6. The molecule has 1 N–H and O–H groups in total. The van der Waals surface area contributed by atoms with Gasteiger partial charge in [-0.1, -0.05) is 17.7 Å². The fraction of sp³-hybridized carbons (Fsp3) is 0.211. The largest absolute Gasteiger partial charge is 0.497 e. The number of ether oxygens (including phenoxy) is 1. The lowest BCUT2D eigenvalue weighted by atomic mass is 10.2. The van der Waals surface area contributed by atoms with E-state index in [1.807, 2.05) is 0 Å². The second-order valence-corrected chi connectivity index (χ2v) is 6.38. The van der Waals surface area contributed by atoms with E-state index in [4.69, 9.17) is 16.3 Å². The molecule has 1 saturated heterocycles. The standard InChI is InChI=1S/C19H18ClN3O4/c1-27-16-7-5-15(6-8-16)23-10-9-22(18(25)19(23)26)12-17(24)21-14-4-2-3-13(20)11-14/h2-8,11H,9-10,12H2,1H3,(H,21,24). The summed E-state index contributed by atoms with van der Waals surface area (Å²) in [6.45, 7) is 0.369. The lowest BCUT2D eigenvalue weighted by Gasteiger charge is -2.33. The summed E-state index contributed by atoms with van der Waals surface area (Å²) in [5.41, 5.74) is 1.14. The number of amides is 3. The van der Waals surface area contributed by atoms with Crippen molar-refractivity contribution in [3.8, 4) is 5.75 Å². The Labute approximate surface area is 161 Å². The molecule has 0 spiro atoms. The van der Waals surface area contributed by atoms with Gasteiger partial charge in [0.15, 0.2) is 0 Å². The van der Waals surface area contributed by atoms with Gasteiger partial charge in [-0.05, 0) is 42.5 Å². The fourth-order valence-corrected chi connectivity index (χ4v) is 2.96. The second kappa shape index (κ2) is 8.09. The van der Waals surface area contributed by atoms with E-state index in [9.17, 15) is 14.4 Å². The number of hydrogen-bond donors (Lipinski definition) is 1. The van der Waals surface area contributed by atoms with Crippen LogP contribution in [0, 0.1) is 0 Å². The zero-order valence-electron chi connectivity index (χ0n) is 14.6. The van der Waals surface area contributed by atoms with Gasteiger partial charge in [-0.25, -0.2) is 0 Å². The van der Waals surface area contributed by atoms with Crippen LogP contribution in [0.1, 0.15) is 0 Å². The molecule has 1 heterocycles. The Balaban J connectivity index is 1.62. The molecule has 7 nitrogen and oxygen atoms in total. The lowest BCUT2D eigenvalue weighted by molar-refractivity contribution is -0.147. The van der Waals surface area contributed by atoms with Crippen LogP contribution in [0.2, 0.25) is 5.02 Å². The van der Waals surface area contributed by atoms with E-state index in [0.717, 1.165) is 0 Å². The number of hydrogen-bond acceptors (Lipinski definition) is 4. The molecule has 3 amide bonds. The Morgan fingerprint density at radius 1 is 1.11 bits per heavy atom. The maximum atomic E-state index is 12.4. The minimum Gasteiger partial charge on any atom is -0.497 e. The first-order valence-corrected chi connectivity index (χ1v) is 8.66. The molecule has 1 aliphatic heterocycles. The number of anilines is 2. The van der Waals surface area contributed by atoms with Crippen LogP contribution < -0.4 is 15.0 Å². The quantitative estimate of drug-likeness (QED) is 0.797. The van der Waals surface area contributed by atoms with E-state index < -0.39 is 17.7 Å². The molecular formula is C19H18ClN3O4. The molecule has 0 aromatic heterocycles. The number of nitrogens with zero attached hydrogens (tertiary/aromatic N) is 2. The third-order valence-corrected chi connectivity index (χ3v) is 4.37. The molecule has 3 rings (SSSR count). The average molecular weight is 388 g/mol. The summed E-state index contributed by atoms with van der Waals surface area (Å²) in [4.78, 5) is 39.6. The molecule has 140 valence electrons. The Kier molecular flexibility index (Phi) is 5.61. The van der Waals surface area contributed by atoms with Gasteiger partial charge in [-0.3, -0.25) is 14.4 Å². The van der Waals surface area contributed by atoms with Gasteiger partial charge in [0.2, 0.25) is 5.91 Å². The monoisotopic (exact) mass is 387 g/mol. The van der Waals surface area contributed by atoms with Crippen molar-refractivity contribution in [1.29, 1.82) is 0 Å². The number of methoxy groups -OCH3 is 1. The summed E-state index contributed by atoms with van der Waals surface area (Å²) in [5, 5.41) is 3.16. The molecule has 0 atom stereocenters. The Morgan fingerprint density at radius 2 is 1.85 bits per heavy atom. The summed E-state index contributed by atoms with van der Waals surface area (Å²) in [5.74, 6) is -1.11. The predicted octanol–water partition coefficient (Wildman–Crippen LogP) is 2.16. The molecule has 2 aromatic rings. The van der Waals surface area contributed by atoms with Gasteiger partial charge in [-0.2, -0.15) is 0 Å². The van der Waals surface area contributed by atoms with E-state index in [2.05, 4.69) is 5.32 Å². The molecule has 0 unspecified atom stereocenters. The molecule has 0 aliphatic carbocycles. The number of piperazine rings is 1. The summed E-state index contributed by atoms with van der Waals surface area (Å²) >= 11 is 5.88. The van der Waals surface area contributed by atoms with Crippen LogP contribution in [0.5, 0.6) is 5.75 Å². The van der Waals surface area contributed by atoms with E-state index in [1.165, 1.54) is 9.80 Å². The maximum Gasteiger partial charge on any atom is 0.316 e. The topological polar surface area (TPSA) is 79.0 Å². The lowest BCUT2D eigenvalue weighted by Crippen LogP contribution is -2.56. The summed E-state index contributed by atoms with van der Waals surface area (Å²) in [6.07, 6.45) is 0. The first-order chi connectivity index (χ1) is 13.0. The molecule has 0 radical (unpaired) electrons. The van der Waals surface area contributed by atoms with Crippen molar-refractivity contribution >= 4 is 40.7 Å². The van der Waals surface area contributed by atoms with Crippen LogP contribution in [-0.2, 0) is 14.4 Å². The molecule has 0 saturated carbocycles. The van der Waals surface area contributed by atoms with E-state index in [-0.39, 0.29) is 13.1 Å². The highest BCUT2D eigenvalue weighted by Gasteiger charge is 2.34. The smallest absolute Gasteiger partial charge is 0.316 e. The van der Waals surface area contributed by atoms with Gasteiger partial charge in [0.25, 0.3) is 0 Å². The number of halogens is 1. The second-order valence-electron chi connectivity index (χ2n) is 5.94. The normalized spacial score (nSPS) is 14.3. The molecular weight excluding hydrogens is 370 g/mol. The van der Waals surface area contributed by atoms with Crippen LogP contribution >= 0.6 is 11.6 Å². The number of carbonyl (C=O) groups is 3. The van der Waals surface area contributed by atoms with Gasteiger partial charge in [0.05, 0.1) is 7.11 Å². The minimum atomic E-state index is -0.710. The van der Waals surface area contributed by atoms with E-state index in [1.54, 1.807) is 55.6 Å². The van der Waals surface area contributed by atoms with Crippen LogP contribution in [0.25, 0.3) is 0 Å². The predicted molar refractivity (Wildman–Crippen MR) is 102 cm³/mol. The van der Waals surface area contributed by atoms with Gasteiger partial charge >= 0.3 is 11.8 Å². The van der Waals surface area contributed by atoms with Crippen LogP contribution in [0.15, 0.2) is 48.5 Å². The van der Waals surface area contributed by atoms with Crippen LogP contribution in [0.4, 0.5) is 11.4 Å². The summed E-state index contributed by atoms with van der Waals surface area (Å²) < 4.78 is 5.09. The zero-order chi connectivity index (χ0) is 19.4. The van der Waals surface area contributed by atoms with Crippen molar-refractivity contribution in [2.24, 2.45) is 0 Å². The van der Waals surface area contributed by atoms with Crippen LogP contribution in [0.3, 0.4) is 0 Å². The zero-order valence-corrected chi connectivity index (χ0v) is 15.4. The SMILES string of the molecule is COc1ccc(N2CCN(CC(=O)Nc3cccc(Cl)c3)C(=O)C2=O)cc1. The highest BCUT2D eigenvalue weighted by molar-refractivity contribution is 6.41. The Morgan fingerprint density at radius 3 is 2.52 bits per heavy atom. The summed E-state index contributed by atoms with van der Waals surface area (Å²) in [7, 11) is 1.55. The molecule has 2 aromatic carbocycles. The highest BCUT2D eigenvalue weighted by atomic mass is 35.5. The number of benzene rings is 2. The molecule has 8 heteroatoms. The average Bonchev–Trinajstić information content (AvgIpc) is 2.66. The first-order valence-electron chi connectivity index (χ1n) is 8.28. The molecule has 1 aliphatic rings. The number of rotatable bonds is 5. The van der Waals surface area contributed by atoms with Crippen molar-refractivity contribution in [3.63, 3.8) is 0 Å². The van der Waals surface area contributed by atoms with Crippen molar-refractivity contribution < 1.29 is 19.1 Å². The molecule has 1 fully saturated rings. The van der Waals surface area contributed by atoms with Gasteiger partial charge in [-0.15, -0.1) is 0 Å². The van der Waals surface area contributed by atoms with Gasteiger partial charge in [0.1, 0.15) is 12.3 Å². The maximum absolute atomic E-state index is 12.4. The number of nitrogens with one attached hydrogen (secondary N) is 1. The third-order valence-electron chi connectivity index (χ3n) is 4.14. The van der Waals surface area contributed by atoms with E-state index >= 15 is 0 Å². The van der Waals surface area contributed by atoms with Gasteiger partial charge in [0, 0.05) is 29.5 Å². The van der Waals surface area contributed by atoms with E-state index in [0.29, 0.717) is 28.7 Å². The van der Waals surface area contributed by atoms with Gasteiger partial charge < -0.3 is 19.9 Å². The molecule has 27 heavy (non-hydrogen) atoms. The van der Waals surface area contributed by atoms with Crippen molar-refractivity contribution in [2.45, 2.75) is 0 Å². The third kappa shape index (κ3) is 4.38. The minimum absolute atomic E-state index is 0.201. The highest BCUT2D eigenvalue weighted by Crippen LogP contribution is 2.21. The van der Waals surface area contributed by atoms with Crippen molar-refractivity contribution in [1.82, 2.24) is 4.90 Å².